The molecule has 1 fully saturated rings. The number of fused-ring (bicyclic) bond motifs is 2. The van der Waals surface area contributed by atoms with Crippen molar-refractivity contribution >= 4 is 23.1 Å². The third kappa shape index (κ3) is 4.29. The summed E-state index contributed by atoms with van der Waals surface area (Å²) < 4.78 is 53.5. The van der Waals surface area contributed by atoms with Crippen molar-refractivity contribution in [1.29, 1.82) is 0 Å². The highest BCUT2D eigenvalue weighted by atomic mass is 19.4. The van der Waals surface area contributed by atoms with Gasteiger partial charge in [0.15, 0.2) is 5.82 Å². The van der Waals surface area contributed by atoms with Crippen LogP contribution in [0.15, 0.2) is 24.7 Å². The van der Waals surface area contributed by atoms with Crippen molar-refractivity contribution in [2.75, 3.05) is 5.32 Å². The number of alkyl halides is 3. The molecule has 11 heteroatoms. The van der Waals surface area contributed by atoms with Crippen LogP contribution in [0.3, 0.4) is 0 Å². The maximum Gasteiger partial charge on any atom is 0.389 e. The largest absolute Gasteiger partial charge is 0.389 e. The van der Waals surface area contributed by atoms with Crippen LogP contribution in [0.25, 0.3) is 5.57 Å². The number of carbonyl (C=O) groups excluding carboxylic acids is 1. The average Bonchev–Trinajstić information content (AvgIpc) is 3.20. The first-order valence-corrected chi connectivity index (χ1v) is 9.57. The number of carbonyl (C=O) groups is 1. The van der Waals surface area contributed by atoms with E-state index in [1.807, 2.05) is 0 Å². The Morgan fingerprint density at radius 2 is 2.10 bits per heavy atom. The highest BCUT2D eigenvalue weighted by Crippen LogP contribution is 2.39. The summed E-state index contributed by atoms with van der Waals surface area (Å²) in [5.74, 6) is -0.900. The molecular weight excluding hydrogens is 404 g/mol. The van der Waals surface area contributed by atoms with Crippen molar-refractivity contribution in [3.05, 3.63) is 36.2 Å². The van der Waals surface area contributed by atoms with Crippen LogP contribution >= 0.6 is 0 Å². The minimum Gasteiger partial charge on any atom is -0.333 e. The van der Waals surface area contributed by atoms with Crippen molar-refractivity contribution in [3.8, 4) is 0 Å². The van der Waals surface area contributed by atoms with Gasteiger partial charge in [0.05, 0.1) is 30.5 Å². The lowest BCUT2D eigenvalue weighted by Crippen LogP contribution is -2.43. The van der Waals surface area contributed by atoms with Crippen LogP contribution in [0.4, 0.5) is 29.2 Å². The summed E-state index contributed by atoms with van der Waals surface area (Å²) in [5.41, 5.74) is 1.42. The number of aromatic nitrogens is 4. The molecule has 0 aromatic carbocycles. The lowest BCUT2D eigenvalue weighted by molar-refractivity contribution is -0.150. The molecule has 160 valence electrons. The lowest BCUT2D eigenvalue weighted by Gasteiger charge is -2.34. The van der Waals surface area contributed by atoms with Crippen molar-refractivity contribution < 1.29 is 22.4 Å². The number of halogens is 4. The van der Waals surface area contributed by atoms with Crippen LogP contribution in [0.1, 0.15) is 37.8 Å². The second kappa shape index (κ2) is 7.69. The van der Waals surface area contributed by atoms with Crippen molar-refractivity contribution in [2.24, 2.45) is 7.05 Å². The molecule has 1 amide bonds. The molecule has 1 saturated heterocycles. The lowest BCUT2D eigenvalue weighted by atomic mass is 9.97. The Bertz CT molecular complexity index is 986. The van der Waals surface area contributed by atoms with E-state index in [-0.39, 0.29) is 23.7 Å². The summed E-state index contributed by atoms with van der Waals surface area (Å²) in [6.45, 7) is 0. The summed E-state index contributed by atoms with van der Waals surface area (Å²) in [6.07, 6.45) is 1.69. The molecule has 0 unspecified atom stereocenters. The molecule has 4 rings (SSSR count). The highest BCUT2D eigenvalue weighted by molar-refractivity contribution is 5.80. The van der Waals surface area contributed by atoms with E-state index < -0.39 is 30.7 Å². The third-order valence-electron chi connectivity index (χ3n) is 5.32. The fourth-order valence-electron chi connectivity index (χ4n) is 4.04. The third-order valence-corrected chi connectivity index (χ3v) is 5.32. The van der Waals surface area contributed by atoms with Gasteiger partial charge in [0.1, 0.15) is 5.69 Å². The van der Waals surface area contributed by atoms with Crippen LogP contribution in [0, 0.1) is 5.82 Å². The minimum absolute atomic E-state index is 0.135. The fourth-order valence-corrected chi connectivity index (χ4v) is 4.04. The van der Waals surface area contributed by atoms with E-state index in [1.165, 1.54) is 4.90 Å². The number of nitrogens with one attached hydrogen (secondary N) is 1. The smallest absolute Gasteiger partial charge is 0.333 e. The summed E-state index contributed by atoms with van der Waals surface area (Å²) in [4.78, 5) is 22.1. The maximum atomic E-state index is 14.5. The van der Waals surface area contributed by atoms with Crippen LogP contribution in [0.2, 0.25) is 0 Å². The average molecular weight is 424 g/mol. The van der Waals surface area contributed by atoms with E-state index >= 15 is 0 Å². The molecule has 7 nitrogen and oxygen atoms in total. The molecule has 4 heterocycles. The summed E-state index contributed by atoms with van der Waals surface area (Å²) in [7, 11) is 1.76. The summed E-state index contributed by atoms with van der Waals surface area (Å²) in [5, 5.41) is 6.99. The summed E-state index contributed by atoms with van der Waals surface area (Å²) >= 11 is 0. The maximum absolute atomic E-state index is 14.5. The molecule has 2 atom stereocenters. The van der Waals surface area contributed by atoms with Gasteiger partial charge in [-0.25, -0.2) is 14.4 Å². The molecule has 2 aromatic heterocycles. The number of anilines is 2. The van der Waals surface area contributed by atoms with Gasteiger partial charge in [0.25, 0.3) is 0 Å². The van der Waals surface area contributed by atoms with E-state index in [0.29, 0.717) is 30.5 Å². The number of nitrogens with zero attached hydrogens (tertiary/aromatic N) is 5. The SMILES string of the molecule is Cn1cc(Nc2ncc(F)c(C3=C[C@H]4CC[C@@H](C3)N4C(=O)CCC(F)(F)F)n2)cn1. The molecule has 1 N–H and O–H groups in total. The van der Waals surface area contributed by atoms with Crippen LogP contribution in [-0.2, 0) is 11.8 Å². The van der Waals surface area contributed by atoms with Gasteiger partial charge < -0.3 is 10.2 Å². The zero-order valence-corrected chi connectivity index (χ0v) is 16.2. The molecule has 0 aliphatic carbocycles. The van der Waals surface area contributed by atoms with E-state index in [4.69, 9.17) is 0 Å². The van der Waals surface area contributed by atoms with Crippen LogP contribution in [-0.4, -0.2) is 48.8 Å². The molecule has 2 aliphatic rings. The predicted molar refractivity (Wildman–Crippen MR) is 100 cm³/mol. The number of amides is 1. The fraction of sp³-hybridized carbons (Fsp3) is 0.474. The van der Waals surface area contributed by atoms with Crippen molar-refractivity contribution in [3.63, 3.8) is 0 Å². The molecule has 2 aliphatic heterocycles. The predicted octanol–water partition coefficient (Wildman–Crippen LogP) is 3.58. The Kier molecular flexibility index (Phi) is 5.20. The second-order valence-corrected chi connectivity index (χ2v) is 7.53. The van der Waals surface area contributed by atoms with E-state index in [1.54, 1.807) is 30.2 Å². The number of hydrogen-bond donors (Lipinski definition) is 1. The van der Waals surface area contributed by atoms with Gasteiger partial charge in [-0.3, -0.25) is 9.48 Å². The Hall–Kier alpha value is -2.98. The van der Waals surface area contributed by atoms with Gasteiger partial charge in [0.2, 0.25) is 11.9 Å². The topological polar surface area (TPSA) is 75.9 Å². The van der Waals surface area contributed by atoms with Gasteiger partial charge in [0, 0.05) is 25.7 Å². The number of aryl methyl sites for hydroxylation is 1. The minimum atomic E-state index is -4.37. The summed E-state index contributed by atoms with van der Waals surface area (Å²) in [6, 6.07) is -0.594. The van der Waals surface area contributed by atoms with Gasteiger partial charge >= 0.3 is 6.18 Å². The molecule has 0 spiro atoms. The first-order valence-electron chi connectivity index (χ1n) is 9.57. The first kappa shape index (κ1) is 20.3. The van der Waals surface area contributed by atoms with E-state index in [9.17, 15) is 22.4 Å². The Morgan fingerprint density at radius 1 is 1.30 bits per heavy atom. The number of rotatable bonds is 5. The number of hydrogen-bond acceptors (Lipinski definition) is 5. The quantitative estimate of drug-likeness (QED) is 0.743. The zero-order valence-electron chi connectivity index (χ0n) is 16.2. The molecule has 0 radical (unpaired) electrons. The molecular formula is C19H20F4N6O. The molecule has 30 heavy (non-hydrogen) atoms. The van der Waals surface area contributed by atoms with E-state index in [2.05, 4.69) is 20.4 Å². The Labute approximate surface area is 169 Å². The molecule has 2 bridgehead atoms. The standard InChI is InChI=1S/C19H20F4N6O/c1-28-10-12(8-25-28)26-18-24-9-15(20)17(27-18)11-6-13-2-3-14(7-11)29(13)16(30)4-5-19(21,22)23/h6,8-10,13-14H,2-5,7H2,1H3,(H,24,26,27)/t13-,14+/m1/s1. The van der Waals surface area contributed by atoms with Crippen LogP contribution < -0.4 is 5.32 Å². The van der Waals surface area contributed by atoms with Gasteiger partial charge in [-0.2, -0.15) is 18.3 Å². The molecule has 0 saturated carbocycles. The Balaban J connectivity index is 1.53. The van der Waals surface area contributed by atoms with Gasteiger partial charge in [-0.05, 0) is 24.8 Å². The molecule has 2 aromatic rings. The van der Waals surface area contributed by atoms with Crippen molar-refractivity contribution in [2.45, 2.75) is 50.4 Å². The highest BCUT2D eigenvalue weighted by Gasteiger charge is 2.41. The van der Waals surface area contributed by atoms with Crippen LogP contribution in [0.5, 0.6) is 0 Å². The second-order valence-electron chi connectivity index (χ2n) is 7.53. The normalized spacial score (nSPS) is 21.0. The zero-order chi connectivity index (χ0) is 21.5. The van der Waals surface area contributed by atoms with Crippen molar-refractivity contribution in [1.82, 2.24) is 24.6 Å². The first-order chi connectivity index (χ1) is 14.2. The van der Waals surface area contributed by atoms with Gasteiger partial charge in [-0.1, -0.05) is 6.08 Å². The van der Waals surface area contributed by atoms with E-state index in [0.717, 1.165) is 6.20 Å². The monoisotopic (exact) mass is 424 g/mol. The Morgan fingerprint density at radius 3 is 2.77 bits per heavy atom. The van der Waals surface area contributed by atoms with Gasteiger partial charge in [-0.15, -0.1) is 0 Å².